The first kappa shape index (κ1) is 20.2. The summed E-state index contributed by atoms with van der Waals surface area (Å²) in [6.07, 6.45) is 7.11. The lowest BCUT2D eigenvalue weighted by Gasteiger charge is -2.15. The van der Waals surface area contributed by atoms with Crippen molar-refractivity contribution in [3.63, 3.8) is 0 Å². The Kier molecular flexibility index (Phi) is 5.66. The van der Waals surface area contributed by atoms with E-state index in [1.807, 2.05) is 54.9 Å². The number of nitrogens with one attached hydrogen (secondary N) is 2. The minimum Gasteiger partial charge on any atom is -0.508 e. The molecule has 1 aromatic carbocycles. The van der Waals surface area contributed by atoms with Gasteiger partial charge in [0.25, 0.3) is 5.91 Å². The highest BCUT2D eigenvalue weighted by atomic mass is 16.3. The summed E-state index contributed by atoms with van der Waals surface area (Å²) in [5.41, 5.74) is 3.07. The molecular weight excluding hydrogens is 390 g/mol. The summed E-state index contributed by atoms with van der Waals surface area (Å²) in [6.45, 7) is 3.80. The van der Waals surface area contributed by atoms with Gasteiger partial charge in [0, 0.05) is 36.4 Å². The second-order valence-corrected chi connectivity index (χ2v) is 7.26. The van der Waals surface area contributed by atoms with Crippen molar-refractivity contribution in [3.05, 3.63) is 96.1 Å². The number of aryl methyl sites for hydroxylation is 1. The minimum absolute atomic E-state index is 0.160. The van der Waals surface area contributed by atoms with Gasteiger partial charge < -0.3 is 20.3 Å². The lowest BCUT2D eigenvalue weighted by atomic mass is 10.1. The number of aromatic hydroxyl groups is 1. The normalized spacial score (nSPS) is 11.7. The summed E-state index contributed by atoms with van der Waals surface area (Å²) in [5.74, 6) is 1.31. The Morgan fingerprint density at radius 1 is 1.06 bits per heavy atom. The van der Waals surface area contributed by atoms with Crippen LogP contribution in [0.1, 0.15) is 34.5 Å². The van der Waals surface area contributed by atoms with Crippen molar-refractivity contribution in [1.82, 2.24) is 19.9 Å². The number of nitrogens with zero attached hydrogens (tertiary/aromatic N) is 3. The van der Waals surface area contributed by atoms with Crippen LogP contribution in [-0.4, -0.2) is 25.5 Å². The first-order chi connectivity index (χ1) is 15.0. The van der Waals surface area contributed by atoms with Gasteiger partial charge in [0.1, 0.15) is 17.4 Å². The maximum absolute atomic E-state index is 12.7. The molecule has 0 aliphatic rings. The molecule has 0 fully saturated rings. The summed E-state index contributed by atoms with van der Waals surface area (Å²) in [7, 11) is 0. The third-order valence-electron chi connectivity index (χ3n) is 4.98. The van der Waals surface area contributed by atoms with Crippen molar-refractivity contribution in [1.29, 1.82) is 0 Å². The van der Waals surface area contributed by atoms with E-state index in [1.54, 1.807) is 42.9 Å². The van der Waals surface area contributed by atoms with E-state index < -0.39 is 0 Å². The molecular formula is C24H23N5O2. The zero-order chi connectivity index (χ0) is 21.8. The predicted molar refractivity (Wildman–Crippen MR) is 120 cm³/mol. The minimum atomic E-state index is -0.325. The Labute approximate surface area is 180 Å². The Hall–Kier alpha value is -4.13. The van der Waals surface area contributed by atoms with Crippen LogP contribution in [0.4, 0.5) is 11.6 Å². The number of anilines is 2. The molecule has 0 bridgehead atoms. The fourth-order valence-corrected chi connectivity index (χ4v) is 3.32. The summed E-state index contributed by atoms with van der Waals surface area (Å²) in [6, 6.07) is 16.0. The van der Waals surface area contributed by atoms with Crippen molar-refractivity contribution in [2.24, 2.45) is 0 Å². The molecule has 0 saturated heterocycles. The molecule has 0 aliphatic carbocycles. The zero-order valence-electron chi connectivity index (χ0n) is 17.3. The topological polar surface area (TPSA) is 92.1 Å². The molecule has 3 N–H and O–H groups in total. The number of phenols is 1. The molecule has 0 saturated carbocycles. The van der Waals surface area contributed by atoms with Gasteiger partial charge in [-0.05, 0) is 43.7 Å². The molecule has 3 aromatic heterocycles. The lowest BCUT2D eigenvalue weighted by molar-refractivity contribution is 0.0939. The van der Waals surface area contributed by atoms with Crippen LogP contribution in [0.5, 0.6) is 5.75 Å². The van der Waals surface area contributed by atoms with Gasteiger partial charge >= 0.3 is 0 Å². The van der Waals surface area contributed by atoms with Crippen molar-refractivity contribution >= 4 is 17.5 Å². The number of pyridine rings is 2. The number of benzene rings is 1. The van der Waals surface area contributed by atoms with Crippen molar-refractivity contribution < 1.29 is 9.90 Å². The molecule has 31 heavy (non-hydrogen) atoms. The molecule has 7 nitrogen and oxygen atoms in total. The summed E-state index contributed by atoms with van der Waals surface area (Å²) < 4.78 is 1.89. The van der Waals surface area contributed by atoms with E-state index >= 15 is 0 Å². The van der Waals surface area contributed by atoms with Crippen LogP contribution in [0, 0.1) is 6.92 Å². The van der Waals surface area contributed by atoms with Gasteiger partial charge in [-0.25, -0.2) is 9.97 Å². The van der Waals surface area contributed by atoms with Crippen LogP contribution in [0.3, 0.4) is 0 Å². The standard InChI is InChI=1S/C24H23N5O2/c1-16-14-26-23(28-22-9-5-6-11-25-22)13-20(16)29-12-10-18(15-29)24(31)27-17(2)19-7-3-4-8-21(19)30/h3-15,17,30H,1-2H3,(H,27,31)(H,25,26,28). The summed E-state index contributed by atoms with van der Waals surface area (Å²) >= 11 is 0. The lowest BCUT2D eigenvalue weighted by Crippen LogP contribution is -2.26. The number of hydrogen-bond acceptors (Lipinski definition) is 5. The van der Waals surface area contributed by atoms with Gasteiger partial charge in [0.15, 0.2) is 0 Å². The third-order valence-corrected chi connectivity index (χ3v) is 4.98. The van der Waals surface area contributed by atoms with Crippen molar-refractivity contribution in [2.45, 2.75) is 19.9 Å². The van der Waals surface area contributed by atoms with Crippen molar-refractivity contribution in [3.8, 4) is 11.4 Å². The summed E-state index contributed by atoms with van der Waals surface area (Å²) in [5, 5.41) is 16.1. The van der Waals surface area contributed by atoms with E-state index in [4.69, 9.17) is 0 Å². The first-order valence-corrected chi connectivity index (χ1v) is 9.93. The molecule has 0 spiro atoms. The molecule has 0 radical (unpaired) electrons. The highest BCUT2D eigenvalue weighted by Crippen LogP contribution is 2.24. The molecule has 1 unspecified atom stereocenters. The number of hydrogen-bond donors (Lipinski definition) is 3. The number of carbonyl (C=O) groups excluding carboxylic acids is 1. The van der Waals surface area contributed by atoms with E-state index in [-0.39, 0.29) is 17.7 Å². The number of amides is 1. The van der Waals surface area contributed by atoms with E-state index in [9.17, 15) is 9.90 Å². The highest BCUT2D eigenvalue weighted by Gasteiger charge is 2.15. The van der Waals surface area contributed by atoms with Crippen LogP contribution in [0.2, 0.25) is 0 Å². The van der Waals surface area contributed by atoms with Gasteiger partial charge in [-0.3, -0.25) is 4.79 Å². The highest BCUT2D eigenvalue weighted by molar-refractivity contribution is 5.94. The van der Waals surface area contributed by atoms with Gasteiger partial charge in [-0.2, -0.15) is 0 Å². The van der Waals surface area contributed by atoms with Gasteiger partial charge in [-0.1, -0.05) is 24.3 Å². The Bertz CT molecular complexity index is 1200. The molecule has 0 aliphatic heterocycles. The SMILES string of the molecule is Cc1cnc(Nc2ccccn2)cc1-n1ccc(C(=O)NC(C)c2ccccc2O)c1. The second-order valence-electron chi connectivity index (χ2n) is 7.26. The van der Waals surface area contributed by atoms with E-state index in [0.29, 0.717) is 22.8 Å². The monoisotopic (exact) mass is 413 g/mol. The van der Waals surface area contributed by atoms with E-state index in [1.165, 1.54) is 0 Å². The molecule has 4 rings (SSSR count). The predicted octanol–water partition coefficient (Wildman–Crippen LogP) is 4.52. The van der Waals surface area contributed by atoms with Crippen molar-refractivity contribution in [2.75, 3.05) is 5.32 Å². The van der Waals surface area contributed by atoms with E-state index in [2.05, 4.69) is 20.6 Å². The maximum atomic E-state index is 12.7. The van der Waals surface area contributed by atoms with Gasteiger partial charge in [0.05, 0.1) is 17.3 Å². The Morgan fingerprint density at radius 2 is 1.87 bits per heavy atom. The number of phenolic OH excluding ortho intramolecular Hbond substituents is 1. The zero-order valence-corrected chi connectivity index (χ0v) is 17.3. The third kappa shape index (κ3) is 4.56. The largest absolute Gasteiger partial charge is 0.508 e. The second kappa shape index (κ2) is 8.71. The smallest absolute Gasteiger partial charge is 0.253 e. The number of carbonyl (C=O) groups is 1. The molecule has 1 amide bonds. The molecule has 7 heteroatoms. The fraction of sp³-hybridized carbons (Fsp3) is 0.125. The van der Waals surface area contributed by atoms with Crippen LogP contribution in [-0.2, 0) is 0 Å². The Morgan fingerprint density at radius 3 is 2.65 bits per heavy atom. The van der Waals surface area contributed by atoms with Crippen LogP contribution in [0.25, 0.3) is 5.69 Å². The molecule has 1 atom stereocenters. The van der Waals surface area contributed by atoms with Crippen LogP contribution in [0.15, 0.2) is 79.4 Å². The molecule has 3 heterocycles. The molecule has 4 aromatic rings. The number of aromatic nitrogens is 3. The molecule has 156 valence electrons. The van der Waals surface area contributed by atoms with Crippen LogP contribution < -0.4 is 10.6 Å². The van der Waals surface area contributed by atoms with Gasteiger partial charge in [-0.15, -0.1) is 0 Å². The number of rotatable bonds is 6. The van der Waals surface area contributed by atoms with Crippen LogP contribution >= 0.6 is 0 Å². The van der Waals surface area contributed by atoms with Gasteiger partial charge in [0.2, 0.25) is 0 Å². The number of para-hydroxylation sites is 1. The Balaban J connectivity index is 1.52. The average molecular weight is 413 g/mol. The fourth-order valence-electron chi connectivity index (χ4n) is 3.32. The average Bonchev–Trinajstić information content (AvgIpc) is 3.26. The summed E-state index contributed by atoms with van der Waals surface area (Å²) in [4.78, 5) is 21.4. The quantitative estimate of drug-likeness (QED) is 0.432. The first-order valence-electron chi connectivity index (χ1n) is 9.93. The van der Waals surface area contributed by atoms with E-state index in [0.717, 1.165) is 11.3 Å². The maximum Gasteiger partial charge on any atom is 0.253 e.